The van der Waals surface area contributed by atoms with Gasteiger partial charge in [-0.1, -0.05) is 60.8 Å². The van der Waals surface area contributed by atoms with E-state index in [2.05, 4.69) is 41.5 Å². The summed E-state index contributed by atoms with van der Waals surface area (Å²) in [6, 6.07) is 0. The number of rotatable bonds is 6. The molecule has 0 rings (SSSR count). The fourth-order valence-corrected chi connectivity index (χ4v) is 2.55. The third-order valence-electron chi connectivity index (χ3n) is 5.06. The van der Waals surface area contributed by atoms with Gasteiger partial charge in [0.05, 0.1) is 0 Å². The van der Waals surface area contributed by atoms with Gasteiger partial charge in [-0.25, -0.2) is 0 Å². The highest BCUT2D eigenvalue weighted by Crippen LogP contribution is 2.49. The molecule has 0 aromatic heterocycles. The van der Waals surface area contributed by atoms with E-state index in [1.54, 1.807) is 0 Å². The van der Waals surface area contributed by atoms with Gasteiger partial charge in [0.25, 0.3) is 0 Å². The Balaban J connectivity index is 4.99. The summed E-state index contributed by atoms with van der Waals surface area (Å²) in [6.45, 7) is 14.8. The first-order valence-electron chi connectivity index (χ1n) is 6.11. The second-order valence-corrected chi connectivity index (χ2v) is 5.20. The van der Waals surface area contributed by atoms with Crippen molar-refractivity contribution in [3.8, 4) is 0 Å². The van der Waals surface area contributed by atoms with Gasteiger partial charge >= 0.3 is 0 Å². The lowest BCUT2D eigenvalue weighted by molar-refractivity contribution is 0.0117. The first-order valence-corrected chi connectivity index (χ1v) is 6.11. The molecule has 1 heteroatoms. The Morgan fingerprint density at radius 3 is 1.71 bits per heavy atom. The summed E-state index contributed by atoms with van der Waals surface area (Å²) in [5.41, 5.74) is 6.69. The van der Waals surface area contributed by atoms with Gasteiger partial charge in [-0.15, -0.1) is 0 Å². The molecule has 0 bridgehead atoms. The molecule has 0 saturated heterocycles. The van der Waals surface area contributed by atoms with E-state index in [-0.39, 0.29) is 5.41 Å². The Labute approximate surface area is 90.5 Å². The van der Waals surface area contributed by atoms with Crippen molar-refractivity contribution in [1.82, 2.24) is 0 Å². The molecule has 0 aromatic rings. The highest BCUT2D eigenvalue weighted by Gasteiger charge is 2.43. The lowest BCUT2D eigenvalue weighted by Gasteiger charge is -2.49. The van der Waals surface area contributed by atoms with Gasteiger partial charge in [-0.3, -0.25) is 0 Å². The van der Waals surface area contributed by atoms with E-state index < -0.39 is 0 Å². The van der Waals surface area contributed by atoms with Crippen LogP contribution in [0.4, 0.5) is 0 Å². The van der Waals surface area contributed by atoms with Gasteiger partial charge in [0.2, 0.25) is 0 Å². The van der Waals surface area contributed by atoms with Crippen molar-refractivity contribution in [3.05, 3.63) is 0 Å². The van der Waals surface area contributed by atoms with Crippen LogP contribution < -0.4 is 5.73 Å². The van der Waals surface area contributed by atoms with Crippen molar-refractivity contribution in [2.75, 3.05) is 6.54 Å². The normalized spacial score (nSPS) is 19.1. The molecule has 0 heterocycles. The predicted molar refractivity (Wildman–Crippen MR) is 65.3 cm³/mol. The van der Waals surface area contributed by atoms with Crippen LogP contribution in [0.3, 0.4) is 0 Å². The highest BCUT2D eigenvalue weighted by molar-refractivity contribution is 4.94. The van der Waals surface area contributed by atoms with Crippen LogP contribution in [0.25, 0.3) is 0 Å². The van der Waals surface area contributed by atoms with E-state index in [9.17, 15) is 0 Å². The van der Waals surface area contributed by atoms with Crippen LogP contribution in [0.2, 0.25) is 0 Å². The molecule has 0 aliphatic rings. The molecule has 0 aromatic carbocycles. The number of hydrogen-bond acceptors (Lipinski definition) is 1. The first kappa shape index (κ1) is 14.0. The highest BCUT2D eigenvalue weighted by atomic mass is 14.6. The molecule has 2 N–H and O–H groups in total. The molecule has 0 saturated carbocycles. The van der Waals surface area contributed by atoms with Gasteiger partial charge in [-0.05, 0) is 23.3 Å². The molecular formula is C13H29N. The van der Waals surface area contributed by atoms with Crippen molar-refractivity contribution in [2.24, 2.45) is 22.5 Å². The van der Waals surface area contributed by atoms with Gasteiger partial charge < -0.3 is 5.73 Å². The third kappa shape index (κ3) is 2.13. The molecule has 1 nitrogen and oxygen atoms in total. The lowest BCUT2D eigenvalue weighted by atomic mass is 9.56. The van der Waals surface area contributed by atoms with Crippen LogP contribution in [-0.4, -0.2) is 6.54 Å². The summed E-state index contributed by atoms with van der Waals surface area (Å²) < 4.78 is 0. The van der Waals surface area contributed by atoms with Crippen LogP contribution >= 0.6 is 0 Å². The van der Waals surface area contributed by atoms with Crippen LogP contribution in [-0.2, 0) is 0 Å². The standard InChI is InChI=1S/C13H29N/c1-7-11(4)13(6,10-14)12(5,8-2)9-3/h11H,7-10,14H2,1-6H3. The quantitative estimate of drug-likeness (QED) is 0.691. The molecule has 0 spiro atoms. The maximum atomic E-state index is 6.02. The molecule has 0 amide bonds. The summed E-state index contributed by atoms with van der Waals surface area (Å²) in [4.78, 5) is 0. The lowest BCUT2D eigenvalue weighted by Crippen LogP contribution is -2.47. The summed E-state index contributed by atoms with van der Waals surface area (Å²) in [5, 5.41) is 0. The van der Waals surface area contributed by atoms with E-state index >= 15 is 0 Å². The Hall–Kier alpha value is -0.0400. The van der Waals surface area contributed by atoms with Crippen molar-refractivity contribution < 1.29 is 0 Å². The van der Waals surface area contributed by atoms with Gasteiger partial charge in [-0.2, -0.15) is 0 Å². The zero-order valence-electron chi connectivity index (χ0n) is 11.0. The van der Waals surface area contributed by atoms with Crippen LogP contribution in [0.15, 0.2) is 0 Å². The minimum Gasteiger partial charge on any atom is -0.330 e. The second-order valence-electron chi connectivity index (χ2n) is 5.20. The molecule has 0 aliphatic heterocycles. The number of nitrogens with two attached hydrogens (primary N) is 1. The fraction of sp³-hybridized carbons (Fsp3) is 1.00. The summed E-state index contributed by atoms with van der Waals surface area (Å²) in [5.74, 6) is 0.706. The van der Waals surface area contributed by atoms with E-state index in [4.69, 9.17) is 5.73 Å². The molecule has 0 radical (unpaired) electrons. The summed E-state index contributed by atoms with van der Waals surface area (Å²) >= 11 is 0. The van der Waals surface area contributed by atoms with Crippen LogP contribution in [0.1, 0.15) is 60.8 Å². The van der Waals surface area contributed by atoms with Gasteiger partial charge in [0.1, 0.15) is 0 Å². The van der Waals surface area contributed by atoms with Crippen LogP contribution in [0.5, 0.6) is 0 Å². The predicted octanol–water partition coefficient (Wildman–Crippen LogP) is 3.82. The van der Waals surface area contributed by atoms with Crippen molar-refractivity contribution >= 4 is 0 Å². The monoisotopic (exact) mass is 199 g/mol. The van der Waals surface area contributed by atoms with E-state index in [0.29, 0.717) is 11.3 Å². The van der Waals surface area contributed by atoms with E-state index in [0.717, 1.165) is 6.54 Å². The summed E-state index contributed by atoms with van der Waals surface area (Å²) in [7, 11) is 0. The molecular weight excluding hydrogens is 170 g/mol. The van der Waals surface area contributed by atoms with Crippen LogP contribution in [0, 0.1) is 16.7 Å². The summed E-state index contributed by atoms with van der Waals surface area (Å²) in [6.07, 6.45) is 3.67. The maximum absolute atomic E-state index is 6.02. The maximum Gasteiger partial charge on any atom is -0.00154 e. The smallest absolute Gasteiger partial charge is 0.00154 e. The molecule has 0 aliphatic carbocycles. The first-order chi connectivity index (χ1) is 6.41. The SMILES string of the molecule is CCC(C)C(C)(CN)C(C)(CC)CC. The zero-order valence-corrected chi connectivity index (χ0v) is 11.0. The van der Waals surface area contributed by atoms with Gasteiger partial charge in [0.15, 0.2) is 0 Å². The molecule has 2 unspecified atom stereocenters. The van der Waals surface area contributed by atoms with E-state index in [1.807, 2.05) is 0 Å². The van der Waals surface area contributed by atoms with Crippen molar-refractivity contribution in [1.29, 1.82) is 0 Å². The van der Waals surface area contributed by atoms with Crippen molar-refractivity contribution in [3.63, 3.8) is 0 Å². The zero-order chi connectivity index (χ0) is 11.4. The average Bonchev–Trinajstić information content (AvgIpc) is 2.25. The van der Waals surface area contributed by atoms with Crippen molar-refractivity contribution in [2.45, 2.75) is 60.8 Å². The molecule has 14 heavy (non-hydrogen) atoms. The number of hydrogen-bond donors (Lipinski definition) is 1. The Bertz CT molecular complexity index is 161. The Kier molecular flexibility index (Phi) is 5.14. The average molecular weight is 199 g/mol. The third-order valence-corrected chi connectivity index (χ3v) is 5.06. The minimum absolute atomic E-state index is 0.283. The Morgan fingerprint density at radius 1 is 1.07 bits per heavy atom. The van der Waals surface area contributed by atoms with Gasteiger partial charge in [0, 0.05) is 0 Å². The topological polar surface area (TPSA) is 26.0 Å². The largest absolute Gasteiger partial charge is 0.330 e. The molecule has 86 valence electrons. The molecule has 0 fully saturated rings. The van der Waals surface area contributed by atoms with E-state index in [1.165, 1.54) is 19.3 Å². The Morgan fingerprint density at radius 2 is 1.50 bits per heavy atom. The molecule has 2 atom stereocenters. The minimum atomic E-state index is 0.283. The second kappa shape index (κ2) is 5.16. The fourth-order valence-electron chi connectivity index (χ4n) is 2.55.